The van der Waals surface area contributed by atoms with Gasteiger partial charge in [0, 0.05) is 17.0 Å². The summed E-state index contributed by atoms with van der Waals surface area (Å²) in [5.74, 6) is 0.0369. The van der Waals surface area contributed by atoms with Crippen LogP contribution in [-0.4, -0.2) is 39.2 Å². The molecule has 8 nitrogen and oxygen atoms in total. The second kappa shape index (κ2) is 11.0. The normalized spacial score (nSPS) is 11.6. The van der Waals surface area contributed by atoms with Crippen LogP contribution in [0.3, 0.4) is 0 Å². The summed E-state index contributed by atoms with van der Waals surface area (Å²) in [4.78, 5) is 17.3. The van der Waals surface area contributed by atoms with Crippen LogP contribution in [-0.2, 0) is 14.8 Å². The van der Waals surface area contributed by atoms with Crippen LogP contribution in [0.25, 0.3) is 10.9 Å². The minimum absolute atomic E-state index is 0.0813. The molecule has 10 heteroatoms. The highest BCUT2D eigenvalue weighted by Gasteiger charge is 2.28. The molecule has 0 aliphatic heterocycles. The zero-order valence-corrected chi connectivity index (χ0v) is 22.0. The first kappa shape index (κ1) is 26.1. The van der Waals surface area contributed by atoms with E-state index in [4.69, 9.17) is 16.3 Å². The van der Waals surface area contributed by atoms with Crippen molar-refractivity contribution in [3.8, 4) is 5.75 Å². The lowest BCUT2D eigenvalue weighted by atomic mass is 10.1. The number of carbonyl (C=O) groups excluding carboxylic acids is 1. The molecule has 0 unspecified atom stereocenters. The van der Waals surface area contributed by atoms with Crippen molar-refractivity contribution < 1.29 is 17.9 Å². The number of hydrogen-bond donors (Lipinski definition) is 1. The number of halogens is 1. The number of hydrogen-bond acceptors (Lipinski definition) is 6. The number of rotatable bonds is 8. The Labute approximate surface area is 220 Å². The Hall–Kier alpha value is -3.95. The number of sulfonamides is 1. The predicted molar refractivity (Wildman–Crippen MR) is 146 cm³/mol. The molecule has 0 spiro atoms. The average Bonchev–Trinajstić information content (AvgIpc) is 2.89. The number of hydrazone groups is 1. The summed E-state index contributed by atoms with van der Waals surface area (Å²) < 4.78 is 33.3. The zero-order valence-electron chi connectivity index (χ0n) is 20.5. The summed E-state index contributed by atoms with van der Waals surface area (Å²) in [6.07, 6.45) is 1.37. The van der Waals surface area contributed by atoms with E-state index in [1.807, 2.05) is 25.1 Å². The number of pyridine rings is 1. The second-order valence-electron chi connectivity index (χ2n) is 8.33. The monoisotopic (exact) mass is 536 g/mol. The highest BCUT2D eigenvalue weighted by Crippen LogP contribution is 2.28. The Bertz CT molecular complexity index is 1590. The largest absolute Gasteiger partial charge is 0.497 e. The zero-order chi connectivity index (χ0) is 26.6. The van der Waals surface area contributed by atoms with Crippen LogP contribution in [0.15, 0.2) is 82.8 Å². The molecule has 0 aliphatic rings. The van der Waals surface area contributed by atoms with Gasteiger partial charge in [0.05, 0.1) is 29.4 Å². The van der Waals surface area contributed by atoms with Crippen LogP contribution in [0.1, 0.15) is 16.7 Å². The highest BCUT2D eigenvalue weighted by molar-refractivity contribution is 7.92. The van der Waals surface area contributed by atoms with E-state index >= 15 is 0 Å². The molecule has 0 aliphatic carbocycles. The van der Waals surface area contributed by atoms with Gasteiger partial charge in [-0.15, -0.1) is 0 Å². The molecule has 0 saturated heterocycles. The Morgan fingerprint density at radius 2 is 1.84 bits per heavy atom. The Balaban J connectivity index is 1.58. The lowest BCUT2D eigenvalue weighted by Crippen LogP contribution is -2.40. The van der Waals surface area contributed by atoms with Gasteiger partial charge in [-0.05, 0) is 61.4 Å². The minimum atomic E-state index is -4.02. The third kappa shape index (κ3) is 5.90. The molecule has 3 aromatic carbocycles. The van der Waals surface area contributed by atoms with Crippen molar-refractivity contribution in [2.24, 2.45) is 5.10 Å². The van der Waals surface area contributed by atoms with Crippen molar-refractivity contribution in [3.63, 3.8) is 0 Å². The maximum Gasteiger partial charge on any atom is 0.264 e. The number of carbonyl (C=O) groups is 1. The van der Waals surface area contributed by atoms with Gasteiger partial charge in [0.25, 0.3) is 15.9 Å². The van der Waals surface area contributed by atoms with Gasteiger partial charge in [0.15, 0.2) is 0 Å². The van der Waals surface area contributed by atoms with E-state index in [1.165, 1.54) is 18.3 Å². The molecule has 37 heavy (non-hydrogen) atoms. The van der Waals surface area contributed by atoms with Crippen molar-refractivity contribution in [2.75, 3.05) is 18.0 Å². The Kier molecular flexibility index (Phi) is 7.75. The van der Waals surface area contributed by atoms with Crippen molar-refractivity contribution >= 4 is 50.3 Å². The van der Waals surface area contributed by atoms with Gasteiger partial charge in [-0.1, -0.05) is 41.9 Å². The van der Waals surface area contributed by atoms with E-state index in [0.29, 0.717) is 28.1 Å². The van der Waals surface area contributed by atoms with E-state index in [0.717, 1.165) is 15.3 Å². The van der Waals surface area contributed by atoms with Gasteiger partial charge in [0.1, 0.15) is 17.4 Å². The molecule has 1 N–H and O–H groups in total. The fourth-order valence-electron chi connectivity index (χ4n) is 3.70. The van der Waals surface area contributed by atoms with E-state index in [9.17, 15) is 13.2 Å². The third-order valence-corrected chi connectivity index (χ3v) is 7.73. The van der Waals surface area contributed by atoms with Gasteiger partial charge in [-0.25, -0.2) is 18.8 Å². The summed E-state index contributed by atoms with van der Waals surface area (Å²) in [6.45, 7) is 3.18. The van der Waals surface area contributed by atoms with Gasteiger partial charge in [0.2, 0.25) is 0 Å². The quantitative estimate of drug-likeness (QED) is 0.197. The summed E-state index contributed by atoms with van der Waals surface area (Å²) in [5, 5.41) is 5.00. The van der Waals surface area contributed by atoms with E-state index in [2.05, 4.69) is 15.5 Å². The number of fused-ring (bicyclic) bond motifs is 1. The number of amides is 1. The van der Waals surface area contributed by atoms with Crippen LogP contribution >= 0.6 is 11.6 Å². The second-order valence-corrected chi connectivity index (χ2v) is 10.6. The maximum atomic E-state index is 13.5. The standard InChI is InChI=1S/C27H25ClN4O4S/c1-18-9-10-19(2)25(13-18)32(37(34,35)23-7-5-4-6-8-23)17-26(33)31-29-16-21-14-20-11-12-22(36-3)15-24(20)30-27(21)28/h4-16H,17H2,1-3H3,(H,31,33)/b29-16-. The van der Waals surface area contributed by atoms with E-state index < -0.39 is 22.5 Å². The predicted octanol–water partition coefficient (Wildman–Crippen LogP) is 4.86. The molecule has 4 aromatic rings. The fraction of sp³-hybridized carbons (Fsp3) is 0.148. The third-order valence-electron chi connectivity index (χ3n) is 5.65. The molecule has 0 radical (unpaired) electrons. The number of nitrogens with zero attached hydrogens (tertiary/aromatic N) is 3. The number of methoxy groups -OCH3 is 1. The van der Waals surface area contributed by atoms with Crippen LogP contribution in [0.5, 0.6) is 5.75 Å². The molecular weight excluding hydrogens is 512 g/mol. The Morgan fingerprint density at radius 1 is 1.08 bits per heavy atom. The van der Waals surface area contributed by atoms with E-state index in [1.54, 1.807) is 56.5 Å². The summed E-state index contributed by atoms with van der Waals surface area (Å²) in [7, 11) is -2.45. The first-order valence-electron chi connectivity index (χ1n) is 11.3. The van der Waals surface area contributed by atoms with Crippen molar-refractivity contribution in [1.29, 1.82) is 0 Å². The van der Waals surface area contributed by atoms with Crippen LogP contribution in [0, 0.1) is 13.8 Å². The molecule has 1 heterocycles. The molecule has 0 bridgehead atoms. The molecule has 0 atom stereocenters. The minimum Gasteiger partial charge on any atom is -0.497 e. The summed E-state index contributed by atoms with van der Waals surface area (Å²) in [5.41, 5.74) is 5.54. The lowest BCUT2D eigenvalue weighted by molar-refractivity contribution is -0.119. The first-order chi connectivity index (χ1) is 17.7. The van der Waals surface area contributed by atoms with Crippen molar-refractivity contribution in [3.05, 3.63) is 94.6 Å². The number of benzene rings is 3. The van der Waals surface area contributed by atoms with E-state index in [-0.39, 0.29) is 10.0 Å². The topological polar surface area (TPSA) is 101 Å². The lowest BCUT2D eigenvalue weighted by Gasteiger charge is -2.25. The molecule has 0 saturated carbocycles. The molecule has 4 rings (SSSR count). The smallest absolute Gasteiger partial charge is 0.264 e. The molecule has 0 fully saturated rings. The highest BCUT2D eigenvalue weighted by atomic mass is 35.5. The fourth-order valence-corrected chi connectivity index (χ4v) is 5.40. The molecular formula is C27H25ClN4O4S. The van der Waals surface area contributed by atoms with Crippen LogP contribution in [0.2, 0.25) is 5.15 Å². The molecule has 190 valence electrons. The van der Waals surface area contributed by atoms with Gasteiger partial charge in [-0.2, -0.15) is 5.10 Å². The maximum absolute atomic E-state index is 13.5. The first-order valence-corrected chi connectivity index (χ1v) is 13.1. The number of nitrogens with one attached hydrogen (secondary N) is 1. The average molecular weight is 537 g/mol. The summed E-state index contributed by atoms with van der Waals surface area (Å²) in [6, 6.07) is 20.6. The van der Waals surface area contributed by atoms with Crippen LogP contribution < -0.4 is 14.5 Å². The van der Waals surface area contributed by atoms with Crippen LogP contribution in [0.4, 0.5) is 5.69 Å². The van der Waals surface area contributed by atoms with Crippen molar-refractivity contribution in [2.45, 2.75) is 18.7 Å². The van der Waals surface area contributed by atoms with Gasteiger partial charge in [-0.3, -0.25) is 9.10 Å². The summed E-state index contributed by atoms with van der Waals surface area (Å²) >= 11 is 6.29. The number of aryl methyl sites for hydroxylation is 2. The van der Waals surface area contributed by atoms with Gasteiger partial charge >= 0.3 is 0 Å². The SMILES string of the molecule is COc1ccc2cc(/C=N\NC(=O)CN(c3cc(C)ccc3C)S(=O)(=O)c3ccccc3)c(Cl)nc2c1. The van der Waals surface area contributed by atoms with Gasteiger partial charge < -0.3 is 4.74 Å². The molecule has 1 amide bonds. The number of ether oxygens (including phenoxy) is 1. The molecule has 1 aromatic heterocycles. The Morgan fingerprint density at radius 3 is 2.57 bits per heavy atom. The number of aromatic nitrogens is 1. The van der Waals surface area contributed by atoms with Crippen molar-refractivity contribution in [1.82, 2.24) is 10.4 Å². The number of anilines is 1.